The van der Waals surface area contributed by atoms with Crippen LogP contribution in [-0.2, 0) is 16.0 Å². The van der Waals surface area contributed by atoms with Crippen molar-refractivity contribution < 1.29 is 9.59 Å². The van der Waals surface area contributed by atoms with E-state index < -0.39 is 6.04 Å². The normalized spacial score (nSPS) is 11.6. The third-order valence-electron chi connectivity index (χ3n) is 4.42. The van der Waals surface area contributed by atoms with Gasteiger partial charge in [-0.05, 0) is 23.1 Å². The van der Waals surface area contributed by atoms with Crippen LogP contribution in [0.3, 0.4) is 0 Å². The maximum absolute atomic E-state index is 12.3. The highest BCUT2D eigenvalue weighted by molar-refractivity contribution is 5.83. The fraction of sp³-hybridized carbons (Fsp3) is 0.364. The fourth-order valence-corrected chi connectivity index (χ4v) is 2.90. The number of carbonyl (C=O) groups excluding carboxylic acids is 2. The number of rotatable bonds is 11. The standard InChI is InChI=1S/C22H28N2O2/c1-2-3-4-8-15-23-22(26)21(24-17-25)16-18-11-13-20(14-12-18)19-9-6-5-7-10-19/h5-7,9-14,17,21H,2-4,8,15-16H2,1H3,(H,23,26)(H,24,25). The Morgan fingerprint density at radius 3 is 2.31 bits per heavy atom. The van der Waals surface area contributed by atoms with Crippen molar-refractivity contribution in [2.75, 3.05) is 6.54 Å². The second-order valence-electron chi connectivity index (χ2n) is 6.46. The minimum absolute atomic E-state index is 0.124. The summed E-state index contributed by atoms with van der Waals surface area (Å²) >= 11 is 0. The van der Waals surface area contributed by atoms with Gasteiger partial charge >= 0.3 is 0 Å². The van der Waals surface area contributed by atoms with Gasteiger partial charge in [0.15, 0.2) is 0 Å². The van der Waals surface area contributed by atoms with Crippen LogP contribution in [0, 0.1) is 0 Å². The molecule has 1 unspecified atom stereocenters. The van der Waals surface area contributed by atoms with E-state index in [0.717, 1.165) is 29.5 Å². The second kappa shape index (κ2) is 11.1. The summed E-state index contributed by atoms with van der Waals surface area (Å²) in [6, 6.07) is 17.7. The van der Waals surface area contributed by atoms with Crippen molar-refractivity contribution >= 4 is 12.3 Å². The van der Waals surface area contributed by atoms with E-state index in [0.29, 0.717) is 19.4 Å². The topological polar surface area (TPSA) is 58.2 Å². The van der Waals surface area contributed by atoms with Gasteiger partial charge in [-0.2, -0.15) is 0 Å². The Kier molecular flexibility index (Phi) is 8.40. The molecule has 0 saturated carbocycles. The first kappa shape index (κ1) is 19.7. The molecular weight excluding hydrogens is 324 g/mol. The molecule has 2 aromatic rings. The van der Waals surface area contributed by atoms with Gasteiger partial charge in [0.25, 0.3) is 0 Å². The van der Waals surface area contributed by atoms with Gasteiger partial charge in [-0.3, -0.25) is 9.59 Å². The lowest BCUT2D eigenvalue weighted by Gasteiger charge is -2.16. The molecule has 2 rings (SSSR count). The van der Waals surface area contributed by atoms with Crippen LogP contribution in [0.4, 0.5) is 0 Å². The Hall–Kier alpha value is -2.62. The highest BCUT2D eigenvalue weighted by Gasteiger charge is 2.17. The van der Waals surface area contributed by atoms with E-state index in [1.54, 1.807) is 0 Å². The summed E-state index contributed by atoms with van der Waals surface area (Å²) in [5.41, 5.74) is 3.31. The maximum Gasteiger partial charge on any atom is 0.242 e. The average molecular weight is 352 g/mol. The Bertz CT molecular complexity index is 668. The zero-order chi connectivity index (χ0) is 18.6. The lowest BCUT2D eigenvalue weighted by atomic mass is 10.0. The molecule has 0 bridgehead atoms. The molecule has 1 atom stereocenters. The molecule has 0 heterocycles. The van der Waals surface area contributed by atoms with Crippen LogP contribution in [0.1, 0.15) is 38.2 Å². The number of hydrogen-bond donors (Lipinski definition) is 2. The van der Waals surface area contributed by atoms with Gasteiger partial charge in [-0.15, -0.1) is 0 Å². The third-order valence-corrected chi connectivity index (χ3v) is 4.42. The molecule has 4 heteroatoms. The molecular formula is C22H28N2O2. The summed E-state index contributed by atoms with van der Waals surface area (Å²) in [6.45, 7) is 2.81. The monoisotopic (exact) mass is 352 g/mol. The van der Waals surface area contributed by atoms with Gasteiger partial charge in [0.05, 0.1) is 0 Å². The van der Waals surface area contributed by atoms with Crippen LogP contribution >= 0.6 is 0 Å². The van der Waals surface area contributed by atoms with Gasteiger partial charge < -0.3 is 10.6 Å². The molecule has 0 aliphatic heterocycles. The molecule has 0 aliphatic rings. The first-order chi connectivity index (χ1) is 12.7. The SMILES string of the molecule is CCCCCCNC(=O)C(Cc1ccc(-c2ccccc2)cc1)NC=O. The number of carbonyl (C=O) groups is 2. The second-order valence-corrected chi connectivity index (χ2v) is 6.46. The number of benzene rings is 2. The molecule has 0 aliphatic carbocycles. The van der Waals surface area contributed by atoms with E-state index in [4.69, 9.17) is 0 Å². The van der Waals surface area contributed by atoms with Crippen LogP contribution in [0.15, 0.2) is 54.6 Å². The molecule has 2 amide bonds. The van der Waals surface area contributed by atoms with Crippen molar-refractivity contribution in [1.82, 2.24) is 10.6 Å². The fourth-order valence-electron chi connectivity index (χ4n) is 2.90. The summed E-state index contributed by atoms with van der Waals surface area (Å²) in [5.74, 6) is -0.124. The smallest absolute Gasteiger partial charge is 0.242 e. The van der Waals surface area contributed by atoms with Crippen LogP contribution in [0.5, 0.6) is 0 Å². The van der Waals surface area contributed by atoms with Crippen LogP contribution < -0.4 is 10.6 Å². The number of nitrogens with one attached hydrogen (secondary N) is 2. The zero-order valence-corrected chi connectivity index (χ0v) is 15.4. The number of amides is 2. The zero-order valence-electron chi connectivity index (χ0n) is 15.4. The first-order valence-corrected chi connectivity index (χ1v) is 9.36. The molecule has 0 fully saturated rings. The van der Waals surface area contributed by atoms with Gasteiger partial charge in [-0.1, -0.05) is 80.8 Å². The first-order valence-electron chi connectivity index (χ1n) is 9.36. The summed E-state index contributed by atoms with van der Waals surface area (Å²) in [7, 11) is 0. The minimum atomic E-state index is -0.541. The van der Waals surface area contributed by atoms with E-state index in [-0.39, 0.29) is 5.91 Å². The van der Waals surface area contributed by atoms with E-state index in [9.17, 15) is 9.59 Å². The Morgan fingerprint density at radius 2 is 1.65 bits per heavy atom. The van der Waals surface area contributed by atoms with E-state index >= 15 is 0 Å². The predicted octanol–water partition coefficient (Wildman–Crippen LogP) is 3.71. The van der Waals surface area contributed by atoms with Crippen molar-refractivity contribution in [3.05, 3.63) is 60.2 Å². The van der Waals surface area contributed by atoms with E-state index in [1.807, 2.05) is 42.5 Å². The number of unbranched alkanes of at least 4 members (excludes halogenated alkanes) is 3. The van der Waals surface area contributed by atoms with Crippen LogP contribution in [0.2, 0.25) is 0 Å². The van der Waals surface area contributed by atoms with Crippen molar-refractivity contribution in [1.29, 1.82) is 0 Å². The molecule has 0 aromatic heterocycles. The molecule has 0 spiro atoms. The highest BCUT2D eigenvalue weighted by Crippen LogP contribution is 2.19. The maximum atomic E-state index is 12.3. The average Bonchev–Trinajstić information content (AvgIpc) is 2.68. The molecule has 138 valence electrons. The summed E-state index contributed by atoms with van der Waals surface area (Å²) in [5, 5.41) is 5.56. The molecule has 26 heavy (non-hydrogen) atoms. The van der Waals surface area contributed by atoms with Crippen LogP contribution in [-0.4, -0.2) is 24.9 Å². The van der Waals surface area contributed by atoms with Gasteiger partial charge in [-0.25, -0.2) is 0 Å². The molecule has 0 saturated heterocycles. The van der Waals surface area contributed by atoms with Crippen LogP contribution in [0.25, 0.3) is 11.1 Å². The summed E-state index contributed by atoms with van der Waals surface area (Å²) in [6.07, 6.45) is 5.51. The van der Waals surface area contributed by atoms with Crippen molar-refractivity contribution in [2.45, 2.75) is 45.1 Å². The van der Waals surface area contributed by atoms with E-state index in [1.165, 1.54) is 12.8 Å². The number of hydrogen-bond acceptors (Lipinski definition) is 2. The summed E-state index contributed by atoms with van der Waals surface area (Å²) < 4.78 is 0. The largest absolute Gasteiger partial charge is 0.354 e. The summed E-state index contributed by atoms with van der Waals surface area (Å²) in [4.78, 5) is 23.2. The molecule has 0 radical (unpaired) electrons. The van der Waals surface area contributed by atoms with Crippen molar-refractivity contribution in [3.8, 4) is 11.1 Å². The lowest BCUT2D eigenvalue weighted by Crippen LogP contribution is -2.45. The van der Waals surface area contributed by atoms with Crippen molar-refractivity contribution in [2.24, 2.45) is 0 Å². The molecule has 2 aromatic carbocycles. The van der Waals surface area contributed by atoms with E-state index in [2.05, 4.69) is 29.7 Å². The minimum Gasteiger partial charge on any atom is -0.354 e. The Balaban J connectivity index is 1.92. The van der Waals surface area contributed by atoms with Gasteiger partial charge in [0.1, 0.15) is 6.04 Å². The quantitative estimate of drug-likeness (QED) is 0.478. The Morgan fingerprint density at radius 1 is 0.962 bits per heavy atom. The van der Waals surface area contributed by atoms with Gasteiger partial charge in [0, 0.05) is 13.0 Å². The van der Waals surface area contributed by atoms with Crippen molar-refractivity contribution in [3.63, 3.8) is 0 Å². The molecule has 4 nitrogen and oxygen atoms in total. The predicted molar refractivity (Wildman–Crippen MR) is 106 cm³/mol. The van der Waals surface area contributed by atoms with Gasteiger partial charge in [0.2, 0.25) is 12.3 Å². The lowest BCUT2D eigenvalue weighted by molar-refractivity contribution is -0.125. The third kappa shape index (κ3) is 6.36. The highest BCUT2D eigenvalue weighted by atomic mass is 16.2. The molecule has 2 N–H and O–H groups in total. The Labute approximate surface area is 156 Å².